The number of hydrogen-bond acceptors (Lipinski definition) is 4. The first-order valence-corrected chi connectivity index (χ1v) is 6.70. The number of benzene rings is 1. The fraction of sp³-hybridized carbons (Fsp3) is 0.214. The molecular formula is C14H16N2OS. The van der Waals surface area contributed by atoms with Gasteiger partial charge in [0.25, 0.3) is 0 Å². The second-order valence-corrected chi connectivity index (χ2v) is 4.74. The quantitative estimate of drug-likeness (QED) is 0.835. The highest BCUT2D eigenvalue weighted by Gasteiger charge is 2.03. The smallest absolute Gasteiger partial charge is 0.132 e. The maximum Gasteiger partial charge on any atom is 0.132 e. The monoisotopic (exact) mass is 260 g/mol. The van der Waals surface area contributed by atoms with Gasteiger partial charge in [0, 0.05) is 29.6 Å². The van der Waals surface area contributed by atoms with Gasteiger partial charge in [-0.25, -0.2) is 0 Å². The Hall–Kier alpha value is -1.68. The average Bonchev–Trinajstić information content (AvgIpc) is 2.45. The molecule has 4 heteroatoms. The van der Waals surface area contributed by atoms with Gasteiger partial charge in [0.15, 0.2) is 0 Å². The molecule has 0 unspecified atom stereocenters. The molecule has 2 rings (SSSR count). The molecule has 0 amide bonds. The zero-order valence-corrected chi connectivity index (χ0v) is 11.3. The van der Waals surface area contributed by atoms with Crippen LogP contribution in [0.4, 0.5) is 5.69 Å². The SMILES string of the molecule is CNc1ccnc(CSc2ccccc2OC)c1. The number of ether oxygens (including phenoxy) is 1. The van der Waals surface area contributed by atoms with E-state index in [9.17, 15) is 0 Å². The summed E-state index contributed by atoms with van der Waals surface area (Å²) in [6.07, 6.45) is 1.82. The lowest BCUT2D eigenvalue weighted by atomic mass is 10.3. The Morgan fingerprint density at radius 1 is 1.28 bits per heavy atom. The van der Waals surface area contributed by atoms with Gasteiger partial charge in [-0.1, -0.05) is 12.1 Å². The summed E-state index contributed by atoms with van der Waals surface area (Å²) in [5, 5.41) is 3.11. The summed E-state index contributed by atoms with van der Waals surface area (Å²) in [6, 6.07) is 12.0. The van der Waals surface area contributed by atoms with E-state index in [1.165, 1.54) is 0 Å². The molecule has 1 heterocycles. The summed E-state index contributed by atoms with van der Waals surface area (Å²) in [5.41, 5.74) is 2.14. The Kier molecular flexibility index (Phi) is 4.47. The zero-order chi connectivity index (χ0) is 12.8. The third kappa shape index (κ3) is 3.17. The third-order valence-corrected chi connectivity index (χ3v) is 3.64. The Labute approximate surface area is 112 Å². The topological polar surface area (TPSA) is 34.2 Å². The zero-order valence-electron chi connectivity index (χ0n) is 10.5. The lowest BCUT2D eigenvalue weighted by molar-refractivity contribution is 0.405. The van der Waals surface area contributed by atoms with Crippen molar-refractivity contribution in [3.8, 4) is 5.75 Å². The van der Waals surface area contributed by atoms with Gasteiger partial charge >= 0.3 is 0 Å². The van der Waals surface area contributed by atoms with Gasteiger partial charge in [0.1, 0.15) is 5.75 Å². The van der Waals surface area contributed by atoms with E-state index in [0.29, 0.717) is 0 Å². The van der Waals surface area contributed by atoms with Gasteiger partial charge in [-0.3, -0.25) is 4.98 Å². The molecule has 0 fully saturated rings. The van der Waals surface area contributed by atoms with Crippen molar-refractivity contribution in [2.24, 2.45) is 0 Å². The molecule has 1 aromatic heterocycles. The van der Waals surface area contributed by atoms with Crippen molar-refractivity contribution in [1.82, 2.24) is 4.98 Å². The minimum Gasteiger partial charge on any atom is -0.496 e. The molecule has 0 spiro atoms. The average molecular weight is 260 g/mol. The first-order valence-electron chi connectivity index (χ1n) is 5.72. The predicted octanol–water partition coefficient (Wildman–Crippen LogP) is 3.42. The summed E-state index contributed by atoms with van der Waals surface area (Å²) >= 11 is 1.73. The molecule has 0 atom stereocenters. The lowest BCUT2D eigenvalue weighted by Gasteiger charge is -2.08. The Balaban J connectivity index is 2.06. The number of pyridine rings is 1. The van der Waals surface area contributed by atoms with E-state index in [4.69, 9.17) is 4.74 Å². The number of nitrogens with zero attached hydrogens (tertiary/aromatic N) is 1. The van der Waals surface area contributed by atoms with Crippen LogP contribution in [0.5, 0.6) is 5.75 Å². The van der Waals surface area contributed by atoms with Crippen LogP contribution in [0.15, 0.2) is 47.5 Å². The number of hydrogen-bond donors (Lipinski definition) is 1. The van der Waals surface area contributed by atoms with E-state index in [1.54, 1.807) is 18.9 Å². The number of rotatable bonds is 5. The molecule has 1 aromatic carbocycles. The normalized spacial score (nSPS) is 10.1. The molecule has 0 aliphatic heterocycles. The predicted molar refractivity (Wildman–Crippen MR) is 76.3 cm³/mol. The van der Waals surface area contributed by atoms with Crippen LogP contribution in [0.2, 0.25) is 0 Å². The van der Waals surface area contributed by atoms with Crippen LogP contribution in [-0.4, -0.2) is 19.1 Å². The lowest BCUT2D eigenvalue weighted by Crippen LogP contribution is -1.92. The van der Waals surface area contributed by atoms with Gasteiger partial charge in [-0.15, -0.1) is 11.8 Å². The largest absolute Gasteiger partial charge is 0.496 e. The molecule has 3 nitrogen and oxygen atoms in total. The highest BCUT2D eigenvalue weighted by Crippen LogP contribution is 2.30. The van der Waals surface area contributed by atoms with Crippen LogP contribution in [0.25, 0.3) is 0 Å². The van der Waals surface area contributed by atoms with Gasteiger partial charge in [0.2, 0.25) is 0 Å². The summed E-state index contributed by atoms with van der Waals surface area (Å²) in [5.74, 6) is 1.74. The third-order valence-electron chi connectivity index (χ3n) is 2.55. The maximum absolute atomic E-state index is 5.33. The van der Waals surface area contributed by atoms with Crippen LogP contribution < -0.4 is 10.1 Å². The number of methoxy groups -OCH3 is 1. The standard InChI is InChI=1S/C14H16N2OS/c1-15-11-7-8-16-12(9-11)10-18-14-6-4-3-5-13(14)17-2/h3-9H,10H2,1-2H3,(H,15,16). The number of para-hydroxylation sites is 1. The van der Waals surface area contributed by atoms with Crippen molar-refractivity contribution in [3.05, 3.63) is 48.3 Å². The Morgan fingerprint density at radius 2 is 2.11 bits per heavy atom. The molecule has 18 heavy (non-hydrogen) atoms. The molecule has 0 radical (unpaired) electrons. The fourth-order valence-electron chi connectivity index (χ4n) is 1.60. The Bertz CT molecular complexity index is 517. The number of aromatic nitrogens is 1. The van der Waals surface area contributed by atoms with Crippen LogP contribution in [0.1, 0.15) is 5.69 Å². The van der Waals surface area contributed by atoms with Crippen molar-refractivity contribution in [1.29, 1.82) is 0 Å². The van der Waals surface area contributed by atoms with E-state index in [1.807, 2.05) is 37.5 Å². The number of nitrogens with one attached hydrogen (secondary N) is 1. The van der Waals surface area contributed by atoms with Crippen molar-refractivity contribution in [2.45, 2.75) is 10.6 Å². The van der Waals surface area contributed by atoms with E-state index < -0.39 is 0 Å². The van der Waals surface area contributed by atoms with Crippen molar-refractivity contribution < 1.29 is 4.74 Å². The number of thioether (sulfide) groups is 1. The van der Waals surface area contributed by atoms with Crippen molar-refractivity contribution >= 4 is 17.4 Å². The first kappa shape index (κ1) is 12.8. The minimum absolute atomic E-state index is 0.829. The molecule has 0 bridgehead atoms. The highest BCUT2D eigenvalue weighted by atomic mass is 32.2. The molecule has 0 aliphatic rings. The second kappa shape index (κ2) is 6.31. The molecule has 0 aliphatic carbocycles. The summed E-state index contributed by atoms with van der Waals surface area (Å²) in [7, 11) is 3.60. The van der Waals surface area contributed by atoms with E-state index in [2.05, 4.69) is 22.4 Å². The number of anilines is 1. The maximum atomic E-state index is 5.33. The minimum atomic E-state index is 0.829. The van der Waals surface area contributed by atoms with Crippen LogP contribution in [0.3, 0.4) is 0 Å². The van der Waals surface area contributed by atoms with E-state index in [-0.39, 0.29) is 0 Å². The molecule has 0 saturated heterocycles. The Morgan fingerprint density at radius 3 is 2.89 bits per heavy atom. The van der Waals surface area contributed by atoms with Crippen molar-refractivity contribution in [3.63, 3.8) is 0 Å². The first-order chi connectivity index (χ1) is 8.83. The van der Waals surface area contributed by atoms with Crippen LogP contribution >= 0.6 is 11.8 Å². The summed E-state index contributed by atoms with van der Waals surface area (Å²) in [4.78, 5) is 5.49. The molecule has 94 valence electrons. The van der Waals surface area contributed by atoms with Gasteiger partial charge < -0.3 is 10.1 Å². The van der Waals surface area contributed by atoms with Gasteiger partial charge in [0.05, 0.1) is 12.8 Å². The molecule has 0 saturated carbocycles. The molecule has 2 aromatic rings. The summed E-state index contributed by atoms with van der Waals surface area (Å²) in [6.45, 7) is 0. The van der Waals surface area contributed by atoms with E-state index in [0.717, 1.165) is 27.8 Å². The second-order valence-electron chi connectivity index (χ2n) is 3.73. The van der Waals surface area contributed by atoms with Crippen LogP contribution in [0, 0.1) is 0 Å². The molecular weight excluding hydrogens is 244 g/mol. The van der Waals surface area contributed by atoms with Gasteiger partial charge in [-0.2, -0.15) is 0 Å². The van der Waals surface area contributed by atoms with Gasteiger partial charge in [-0.05, 0) is 24.3 Å². The summed E-state index contributed by atoms with van der Waals surface area (Å²) < 4.78 is 5.33. The molecule has 1 N–H and O–H groups in total. The highest BCUT2D eigenvalue weighted by molar-refractivity contribution is 7.98. The van der Waals surface area contributed by atoms with Crippen molar-refractivity contribution in [2.75, 3.05) is 19.5 Å². The van der Waals surface area contributed by atoms with E-state index >= 15 is 0 Å². The van der Waals surface area contributed by atoms with Crippen LogP contribution in [-0.2, 0) is 5.75 Å². The fourth-order valence-corrected chi connectivity index (χ4v) is 2.53.